The first-order valence-corrected chi connectivity index (χ1v) is 17.6. The number of sulfone groups is 1. The van der Waals surface area contributed by atoms with E-state index in [1.54, 1.807) is 0 Å². The zero-order valence-corrected chi connectivity index (χ0v) is 29.1. The highest BCUT2D eigenvalue weighted by Gasteiger charge is 2.55. The van der Waals surface area contributed by atoms with Crippen molar-refractivity contribution in [2.75, 3.05) is 12.1 Å². The van der Waals surface area contributed by atoms with Crippen molar-refractivity contribution in [3.8, 4) is 0 Å². The largest absolute Gasteiger partial charge is 0.463 e. The molecule has 3 rings (SSSR count). The fraction of sp³-hybridized carbons (Fsp3) is 0.517. The fourth-order valence-corrected chi connectivity index (χ4v) is 7.71. The number of rotatable bonds is 8. The Balaban J connectivity index is 0.000000552. The van der Waals surface area contributed by atoms with E-state index in [2.05, 4.69) is 15.3 Å². The van der Waals surface area contributed by atoms with E-state index in [9.17, 15) is 32.2 Å². The van der Waals surface area contributed by atoms with Crippen LogP contribution in [-0.2, 0) is 52.5 Å². The number of hydrogen-bond donors (Lipinski definition) is 3. The number of nitrogens with one attached hydrogen (secondary N) is 1. The van der Waals surface area contributed by atoms with E-state index in [4.69, 9.17) is 28.7 Å². The Hall–Kier alpha value is -3.76. The summed E-state index contributed by atoms with van der Waals surface area (Å²) in [5.41, 5.74) is 0.567. The Bertz CT molecular complexity index is 1470. The van der Waals surface area contributed by atoms with Gasteiger partial charge in [-0.15, -0.1) is 0 Å². The first-order valence-electron chi connectivity index (χ1n) is 14.1. The molecule has 2 aromatic rings. The summed E-state index contributed by atoms with van der Waals surface area (Å²) >= 11 is 0. The molecule has 47 heavy (non-hydrogen) atoms. The molecule has 5 atom stereocenters. The second-order valence-corrected chi connectivity index (χ2v) is 14.7. The molecule has 0 radical (unpaired) electrons. The lowest BCUT2D eigenvalue weighted by Gasteiger charge is -2.44. The van der Waals surface area contributed by atoms with Crippen LogP contribution in [0.3, 0.4) is 0 Å². The Morgan fingerprint density at radius 2 is 1.23 bits per heavy atom. The molecule has 0 aromatic carbocycles. The highest BCUT2D eigenvalue weighted by Crippen LogP contribution is 2.40. The molecule has 1 saturated heterocycles. The molecule has 262 valence electrons. The van der Waals surface area contributed by atoms with Crippen molar-refractivity contribution in [3.05, 3.63) is 59.2 Å². The summed E-state index contributed by atoms with van der Waals surface area (Å²) in [6.07, 6.45) is -4.70. The molecule has 0 aliphatic carbocycles. The molecular formula is C29H42N3O13PS. The minimum Gasteiger partial charge on any atom is -0.463 e. The first kappa shape index (κ1) is 41.3. The fourth-order valence-electron chi connectivity index (χ4n) is 4.26. The molecule has 1 aliphatic rings. The Kier molecular flexibility index (Phi) is 16.3. The smallest absolute Gasteiger partial charge is 0.340 e. The number of aromatic nitrogens is 2. The van der Waals surface area contributed by atoms with Gasteiger partial charge in [-0.3, -0.25) is 33.7 Å². The topological polar surface area (TPSA) is 235 Å². The summed E-state index contributed by atoms with van der Waals surface area (Å²) < 4.78 is 57.1. The van der Waals surface area contributed by atoms with E-state index in [1.165, 1.54) is 0 Å². The summed E-state index contributed by atoms with van der Waals surface area (Å²) in [5, 5.41) is 2.20. The number of carbonyl (C=O) groups is 4. The Morgan fingerprint density at radius 3 is 1.55 bits per heavy atom. The van der Waals surface area contributed by atoms with E-state index < -0.39 is 83.1 Å². The maximum absolute atomic E-state index is 12.7. The van der Waals surface area contributed by atoms with Crippen molar-refractivity contribution in [1.82, 2.24) is 15.3 Å². The molecule has 3 N–H and O–H groups in total. The lowest BCUT2D eigenvalue weighted by Crippen LogP contribution is -2.67. The van der Waals surface area contributed by atoms with Gasteiger partial charge in [0.2, 0.25) is 5.91 Å². The van der Waals surface area contributed by atoms with Gasteiger partial charge in [-0.1, -0.05) is 12.1 Å². The predicted octanol–water partition coefficient (Wildman–Crippen LogP) is 1.59. The van der Waals surface area contributed by atoms with Crippen molar-refractivity contribution < 1.29 is 60.9 Å². The van der Waals surface area contributed by atoms with Crippen LogP contribution in [-0.4, -0.2) is 93.9 Å². The zero-order valence-electron chi connectivity index (χ0n) is 27.4. The number of esters is 3. The van der Waals surface area contributed by atoms with Crippen molar-refractivity contribution in [2.24, 2.45) is 0 Å². The molecule has 1 amide bonds. The van der Waals surface area contributed by atoms with Crippen LogP contribution < -0.4 is 5.32 Å². The molecule has 1 aliphatic heterocycles. The van der Waals surface area contributed by atoms with Crippen LogP contribution in [0, 0.1) is 27.7 Å². The number of hydrogen-bond acceptors (Lipinski definition) is 13. The lowest BCUT2D eigenvalue weighted by atomic mass is 9.97. The maximum atomic E-state index is 12.7. The van der Waals surface area contributed by atoms with Gasteiger partial charge >= 0.3 is 25.5 Å². The predicted molar refractivity (Wildman–Crippen MR) is 167 cm³/mol. The van der Waals surface area contributed by atoms with Crippen LogP contribution >= 0.6 is 7.60 Å². The van der Waals surface area contributed by atoms with Gasteiger partial charge in [0.15, 0.2) is 33.0 Å². The minimum absolute atomic E-state index is 0.653. The normalized spacial score (nSPS) is 20.6. The lowest BCUT2D eigenvalue weighted by molar-refractivity contribution is -0.212. The summed E-state index contributed by atoms with van der Waals surface area (Å²) in [6, 6.07) is 10.3. The van der Waals surface area contributed by atoms with Crippen LogP contribution in [0.2, 0.25) is 0 Å². The van der Waals surface area contributed by atoms with Crippen LogP contribution in [0.15, 0.2) is 36.4 Å². The highest BCUT2D eigenvalue weighted by atomic mass is 32.2. The first-order chi connectivity index (χ1) is 21.6. The number of ether oxygens (including phenoxy) is 4. The Morgan fingerprint density at radius 1 is 0.809 bits per heavy atom. The Labute approximate surface area is 273 Å². The summed E-state index contributed by atoms with van der Waals surface area (Å²) in [5.74, 6) is -3.44. The van der Waals surface area contributed by atoms with Gasteiger partial charge in [-0.05, 0) is 52.0 Å². The molecule has 18 heteroatoms. The van der Waals surface area contributed by atoms with Gasteiger partial charge in [0.25, 0.3) is 0 Å². The van der Waals surface area contributed by atoms with Crippen LogP contribution in [0.1, 0.15) is 50.5 Å². The summed E-state index contributed by atoms with van der Waals surface area (Å²) in [4.78, 5) is 72.8. The third-order valence-electron chi connectivity index (χ3n) is 5.83. The third kappa shape index (κ3) is 16.1. The van der Waals surface area contributed by atoms with Crippen molar-refractivity contribution in [1.29, 1.82) is 0 Å². The van der Waals surface area contributed by atoms with Gasteiger partial charge in [0.1, 0.15) is 18.8 Å². The van der Waals surface area contributed by atoms with Gasteiger partial charge in [0.05, 0.1) is 0 Å². The quantitative estimate of drug-likeness (QED) is 0.201. The molecule has 0 bridgehead atoms. The molecule has 2 aromatic heterocycles. The maximum Gasteiger partial charge on any atom is 0.340 e. The minimum atomic E-state index is -5.11. The second-order valence-electron chi connectivity index (χ2n) is 10.5. The highest BCUT2D eigenvalue weighted by molar-refractivity contribution is 7.97. The van der Waals surface area contributed by atoms with Gasteiger partial charge in [-0.25, -0.2) is 8.42 Å². The van der Waals surface area contributed by atoms with Crippen molar-refractivity contribution >= 4 is 41.2 Å². The second kappa shape index (κ2) is 18.5. The van der Waals surface area contributed by atoms with E-state index >= 15 is 0 Å². The van der Waals surface area contributed by atoms with Crippen molar-refractivity contribution in [3.63, 3.8) is 0 Å². The number of pyridine rings is 2. The zero-order chi connectivity index (χ0) is 36.1. The number of amides is 1. The van der Waals surface area contributed by atoms with Crippen molar-refractivity contribution in [2.45, 2.75) is 85.2 Å². The monoisotopic (exact) mass is 703 g/mol. The van der Waals surface area contributed by atoms with E-state index in [0.29, 0.717) is 0 Å². The summed E-state index contributed by atoms with van der Waals surface area (Å²) in [7, 11) is -9.91. The average Bonchev–Trinajstić information content (AvgIpc) is 2.88. The van der Waals surface area contributed by atoms with Crippen LogP contribution in [0.5, 0.6) is 0 Å². The van der Waals surface area contributed by atoms with Crippen LogP contribution in [0.4, 0.5) is 0 Å². The van der Waals surface area contributed by atoms with Gasteiger partial charge in [-0.2, -0.15) is 0 Å². The molecule has 1 fully saturated rings. The molecular weight excluding hydrogens is 661 g/mol. The molecule has 0 saturated carbocycles. The SMILES string of the molecule is CC(=O)N[C@@H]1[C@@H](OC(C)=O)[C@H](OC(C)=O)[C@@H](COC(C)=O)O[C@H]1S(=O)(=O)CP(=O)(O)O.Cc1cccc(C)n1.Cc1cccc(C)n1. The number of aryl methyl sites for hydroxylation is 4. The number of nitrogens with zero attached hydrogens (tertiary/aromatic N) is 2. The van der Waals surface area contributed by atoms with Gasteiger partial charge in [0, 0.05) is 50.5 Å². The average molecular weight is 704 g/mol. The molecule has 0 spiro atoms. The van der Waals surface area contributed by atoms with Crippen LogP contribution in [0.25, 0.3) is 0 Å². The van der Waals surface area contributed by atoms with Gasteiger partial charge < -0.3 is 34.1 Å². The van der Waals surface area contributed by atoms with E-state index in [0.717, 1.165) is 50.5 Å². The molecule has 0 unspecified atom stereocenters. The summed E-state index contributed by atoms with van der Waals surface area (Å²) in [6.45, 7) is 11.3. The molecule has 3 heterocycles. The third-order valence-corrected chi connectivity index (χ3v) is 9.73. The standard InChI is InChI=1S/C15H24NO13PS.2C7H9N/c1-7(17)16-12-14(28-10(4)20)13(27-9(3)19)11(5-26-8(2)18)29-15(12)31(24,25)6-30(21,22)23;2*1-6-4-3-5-7(2)8-6/h11-15H,5-6H2,1-4H3,(H,16,17)(H2,21,22,23);2*3-5H,1-2H3/t11-,12-,13-,14-,15+;;/m1../s1. The van der Waals surface area contributed by atoms with E-state index in [1.807, 2.05) is 64.1 Å². The number of carbonyl (C=O) groups excluding carboxylic acids is 4. The van der Waals surface area contributed by atoms with E-state index in [-0.39, 0.29) is 0 Å². The molecule has 16 nitrogen and oxygen atoms in total.